The lowest BCUT2D eigenvalue weighted by Gasteiger charge is -2.05. The Morgan fingerprint density at radius 2 is 1.67 bits per heavy atom. The van der Waals surface area contributed by atoms with Crippen molar-refractivity contribution >= 4 is 21.9 Å². The Kier molecular flexibility index (Phi) is 2.09. The van der Waals surface area contributed by atoms with Crippen molar-refractivity contribution in [3.8, 4) is 11.5 Å². The summed E-state index contributed by atoms with van der Waals surface area (Å²) in [5.74, 6) is 0.715. The maximum absolute atomic E-state index is 5.95. The van der Waals surface area contributed by atoms with Gasteiger partial charge in [0, 0.05) is 5.56 Å². The van der Waals surface area contributed by atoms with E-state index in [2.05, 4.69) is 35.3 Å². The zero-order chi connectivity index (χ0) is 13.8. The first-order chi connectivity index (χ1) is 10.4. The Morgan fingerprint density at radius 1 is 0.810 bits per heavy atom. The molecule has 0 fully saturated rings. The fraction of sp³-hybridized carbons (Fsp3) is 0.105. The third-order valence-corrected chi connectivity index (χ3v) is 4.40. The Labute approximate surface area is 122 Å². The fourth-order valence-corrected chi connectivity index (χ4v) is 3.42. The van der Waals surface area contributed by atoms with Crippen molar-refractivity contribution in [2.75, 3.05) is 0 Å². The van der Waals surface area contributed by atoms with E-state index in [1.54, 1.807) is 0 Å². The van der Waals surface area contributed by atoms with Crippen LogP contribution in [0.3, 0.4) is 0 Å². The second-order valence-electron chi connectivity index (χ2n) is 5.60. The van der Waals surface area contributed by atoms with Gasteiger partial charge in [-0.15, -0.1) is 0 Å². The number of nitrogens with zero attached hydrogens (tertiary/aromatic N) is 1. The summed E-state index contributed by atoms with van der Waals surface area (Å²) in [5.41, 5.74) is 5.74. The summed E-state index contributed by atoms with van der Waals surface area (Å²) in [6, 6.07) is 18.8. The predicted octanol–water partition coefficient (Wildman–Crippen LogP) is 4.75. The molecule has 1 aliphatic carbocycles. The van der Waals surface area contributed by atoms with E-state index in [1.165, 1.54) is 21.9 Å². The first kappa shape index (κ1) is 11.1. The smallest absolute Gasteiger partial charge is 0.227 e. The molecule has 0 bridgehead atoms. The molecule has 0 aliphatic heterocycles. The fourth-order valence-electron chi connectivity index (χ4n) is 3.42. The predicted molar refractivity (Wildman–Crippen MR) is 84.4 cm³/mol. The molecule has 0 unspecified atom stereocenters. The Morgan fingerprint density at radius 3 is 2.57 bits per heavy atom. The van der Waals surface area contributed by atoms with Crippen molar-refractivity contribution in [3.05, 3.63) is 65.7 Å². The molecule has 2 heteroatoms. The molecule has 0 saturated heterocycles. The summed E-state index contributed by atoms with van der Waals surface area (Å²) in [6.07, 6.45) is 2.29. The topological polar surface area (TPSA) is 26.0 Å². The number of fused-ring (bicyclic) bond motifs is 1. The molecule has 1 aliphatic rings. The van der Waals surface area contributed by atoms with Crippen LogP contribution in [-0.4, -0.2) is 4.98 Å². The number of rotatable bonds is 1. The molecule has 1 heterocycles. The maximum Gasteiger partial charge on any atom is 0.227 e. The SMILES string of the molecule is c1ccc2oc(-c3ccc4c5c(cccc35)CC4)nc2c1. The molecule has 5 rings (SSSR count). The van der Waals surface area contributed by atoms with Gasteiger partial charge in [0.25, 0.3) is 0 Å². The molecule has 21 heavy (non-hydrogen) atoms. The van der Waals surface area contributed by atoms with Gasteiger partial charge in [-0.2, -0.15) is 0 Å². The summed E-state index contributed by atoms with van der Waals surface area (Å²) < 4.78 is 5.95. The van der Waals surface area contributed by atoms with Crippen LogP contribution in [0.25, 0.3) is 33.3 Å². The minimum Gasteiger partial charge on any atom is -0.436 e. The van der Waals surface area contributed by atoms with Crippen LogP contribution in [-0.2, 0) is 12.8 Å². The lowest BCUT2D eigenvalue weighted by Crippen LogP contribution is -1.84. The largest absolute Gasteiger partial charge is 0.436 e. The van der Waals surface area contributed by atoms with Gasteiger partial charge in [-0.1, -0.05) is 36.4 Å². The maximum atomic E-state index is 5.95. The number of hydrogen-bond donors (Lipinski definition) is 0. The number of aryl methyl sites for hydroxylation is 2. The van der Waals surface area contributed by atoms with Crippen LogP contribution >= 0.6 is 0 Å². The van der Waals surface area contributed by atoms with Crippen LogP contribution in [0.15, 0.2) is 59.0 Å². The molecule has 0 radical (unpaired) electrons. The summed E-state index contributed by atoms with van der Waals surface area (Å²) in [7, 11) is 0. The summed E-state index contributed by atoms with van der Waals surface area (Å²) in [4.78, 5) is 4.65. The number of para-hydroxylation sites is 2. The first-order valence-electron chi connectivity index (χ1n) is 7.29. The van der Waals surface area contributed by atoms with Gasteiger partial charge in [-0.25, -0.2) is 4.98 Å². The molecule has 100 valence electrons. The van der Waals surface area contributed by atoms with Crippen LogP contribution < -0.4 is 0 Å². The number of benzene rings is 3. The van der Waals surface area contributed by atoms with Gasteiger partial charge >= 0.3 is 0 Å². The molecular weight excluding hydrogens is 258 g/mol. The highest BCUT2D eigenvalue weighted by Gasteiger charge is 2.18. The average Bonchev–Trinajstić information content (AvgIpc) is 3.13. The van der Waals surface area contributed by atoms with E-state index in [-0.39, 0.29) is 0 Å². The highest BCUT2D eigenvalue weighted by Crippen LogP contribution is 2.37. The van der Waals surface area contributed by atoms with Crippen molar-refractivity contribution in [2.24, 2.45) is 0 Å². The van der Waals surface area contributed by atoms with Crippen LogP contribution in [0.1, 0.15) is 11.1 Å². The monoisotopic (exact) mass is 271 g/mol. The molecule has 0 amide bonds. The van der Waals surface area contributed by atoms with Crippen LogP contribution in [0.2, 0.25) is 0 Å². The molecule has 0 N–H and O–H groups in total. The van der Waals surface area contributed by atoms with Crippen molar-refractivity contribution in [2.45, 2.75) is 12.8 Å². The number of oxazole rings is 1. The number of hydrogen-bond acceptors (Lipinski definition) is 2. The van der Waals surface area contributed by atoms with Crippen LogP contribution in [0, 0.1) is 0 Å². The second kappa shape index (κ2) is 3.95. The quantitative estimate of drug-likeness (QED) is 0.499. The molecule has 3 aromatic carbocycles. The molecular formula is C19H13NO. The minimum atomic E-state index is 0.715. The van der Waals surface area contributed by atoms with E-state index in [1.807, 2.05) is 24.3 Å². The van der Waals surface area contributed by atoms with Crippen molar-refractivity contribution in [3.63, 3.8) is 0 Å². The summed E-state index contributed by atoms with van der Waals surface area (Å²) in [5, 5.41) is 2.66. The van der Waals surface area contributed by atoms with E-state index in [0.717, 1.165) is 29.5 Å². The van der Waals surface area contributed by atoms with E-state index >= 15 is 0 Å². The third-order valence-electron chi connectivity index (χ3n) is 4.40. The summed E-state index contributed by atoms with van der Waals surface area (Å²) in [6.45, 7) is 0. The van der Waals surface area contributed by atoms with Gasteiger partial charge in [0.05, 0.1) is 0 Å². The van der Waals surface area contributed by atoms with Crippen LogP contribution in [0.4, 0.5) is 0 Å². The highest BCUT2D eigenvalue weighted by molar-refractivity contribution is 6.00. The average molecular weight is 271 g/mol. The molecule has 0 atom stereocenters. The van der Waals surface area contributed by atoms with Crippen molar-refractivity contribution in [1.82, 2.24) is 4.98 Å². The Bertz CT molecular complexity index is 954. The molecule has 1 aromatic heterocycles. The van der Waals surface area contributed by atoms with Gasteiger partial charge < -0.3 is 4.42 Å². The normalized spacial score (nSPS) is 13.3. The zero-order valence-corrected chi connectivity index (χ0v) is 11.5. The first-order valence-corrected chi connectivity index (χ1v) is 7.29. The van der Waals surface area contributed by atoms with E-state index < -0.39 is 0 Å². The lowest BCUT2D eigenvalue weighted by atomic mass is 10.00. The van der Waals surface area contributed by atoms with Gasteiger partial charge in [-0.3, -0.25) is 0 Å². The third kappa shape index (κ3) is 1.50. The standard InChI is InChI=1S/C19H13NO/c1-2-7-17-16(6-1)20-19(21-17)15-11-10-13-9-8-12-4-3-5-14(15)18(12)13/h1-7,10-11H,8-9H2. The van der Waals surface area contributed by atoms with E-state index in [4.69, 9.17) is 4.42 Å². The lowest BCUT2D eigenvalue weighted by molar-refractivity contribution is 0.620. The van der Waals surface area contributed by atoms with Gasteiger partial charge in [0.15, 0.2) is 5.58 Å². The second-order valence-corrected chi connectivity index (χ2v) is 5.60. The van der Waals surface area contributed by atoms with Gasteiger partial charge in [0.2, 0.25) is 5.89 Å². The molecule has 0 spiro atoms. The van der Waals surface area contributed by atoms with Gasteiger partial charge in [0.1, 0.15) is 5.52 Å². The minimum absolute atomic E-state index is 0.715. The zero-order valence-electron chi connectivity index (χ0n) is 11.5. The summed E-state index contributed by atoms with van der Waals surface area (Å²) >= 11 is 0. The van der Waals surface area contributed by atoms with Gasteiger partial charge in [-0.05, 0) is 52.9 Å². The number of aromatic nitrogens is 1. The van der Waals surface area contributed by atoms with E-state index in [0.29, 0.717) is 5.89 Å². The Hall–Kier alpha value is -2.61. The molecule has 2 nitrogen and oxygen atoms in total. The Balaban J connectivity index is 1.85. The molecule has 0 saturated carbocycles. The van der Waals surface area contributed by atoms with E-state index in [9.17, 15) is 0 Å². The molecule has 4 aromatic rings. The van der Waals surface area contributed by atoms with Crippen molar-refractivity contribution < 1.29 is 4.42 Å². The highest BCUT2D eigenvalue weighted by atomic mass is 16.3. The van der Waals surface area contributed by atoms with Crippen LogP contribution in [0.5, 0.6) is 0 Å². The van der Waals surface area contributed by atoms with Crippen molar-refractivity contribution in [1.29, 1.82) is 0 Å².